The van der Waals surface area contributed by atoms with Crippen molar-refractivity contribution in [3.05, 3.63) is 36.8 Å². The second kappa shape index (κ2) is 7.91. The molecule has 0 spiro atoms. The number of rotatable bonds is 7. The Morgan fingerprint density at radius 3 is 2.39 bits per heavy atom. The molecule has 0 atom stereocenters. The zero-order valence-electron chi connectivity index (χ0n) is 11.5. The number of anilines is 1. The fourth-order valence-corrected chi connectivity index (χ4v) is 1.81. The van der Waals surface area contributed by atoms with Gasteiger partial charge in [0.25, 0.3) is 0 Å². The molecule has 2 nitrogen and oxygen atoms in total. The number of hydrogen-bond acceptors (Lipinski definition) is 1. The number of unbranched alkanes of at least 4 members (excludes halogenated alkanes) is 3. The van der Waals surface area contributed by atoms with Gasteiger partial charge in [-0.3, -0.25) is 4.79 Å². The first-order chi connectivity index (χ1) is 8.63. The number of amides is 1. The van der Waals surface area contributed by atoms with Crippen molar-refractivity contribution in [2.24, 2.45) is 0 Å². The van der Waals surface area contributed by atoms with Crippen molar-refractivity contribution < 1.29 is 4.79 Å². The van der Waals surface area contributed by atoms with Crippen LogP contribution in [0.2, 0.25) is 0 Å². The second-order valence-corrected chi connectivity index (χ2v) is 4.99. The standard InChI is InChI=1S/C16H24NO/c1-4-5-6-7-8-16(18)17-15-11-9-14(10-12-15)13(2)3/h9-13H,1,4-8H2,2-3H3,(H,17,18). The Labute approximate surface area is 111 Å². The SMILES string of the molecule is [CH2]CCCCCC(=O)Nc1ccc(C(C)C)cc1. The van der Waals surface area contributed by atoms with Gasteiger partial charge in [0.2, 0.25) is 5.91 Å². The highest BCUT2D eigenvalue weighted by molar-refractivity contribution is 5.90. The maximum atomic E-state index is 11.7. The molecule has 0 unspecified atom stereocenters. The van der Waals surface area contributed by atoms with Crippen LogP contribution < -0.4 is 5.32 Å². The molecule has 0 aromatic heterocycles. The van der Waals surface area contributed by atoms with Crippen LogP contribution in [0.4, 0.5) is 5.69 Å². The normalized spacial score (nSPS) is 10.7. The molecule has 0 heterocycles. The Hall–Kier alpha value is -1.31. The summed E-state index contributed by atoms with van der Waals surface area (Å²) in [5, 5.41) is 2.93. The van der Waals surface area contributed by atoms with Crippen LogP contribution in [0.3, 0.4) is 0 Å². The lowest BCUT2D eigenvalue weighted by Gasteiger charge is -2.08. The molecule has 99 valence electrons. The van der Waals surface area contributed by atoms with Crippen molar-refractivity contribution in [2.75, 3.05) is 5.32 Å². The Morgan fingerprint density at radius 1 is 1.17 bits per heavy atom. The van der Waals surface area contributed by atoms with Gasteiger partial charge in [0.05, 0.1) is 0 Å². The second-order valence-electron chi connectivity index (χ2n) is 4.99. The molecule has 0 saturated carbocycles. The first kappa shape index (κ1) is 14.7. The van der Waals surface area contributed by atoms with Crippen molar-refractivity contribution in [3.8, 4) is 0 Å². The van der Waals surface area contributed by atoms with Gasteiger partial charge in [-0.05, 0) is 30.0 Å². The van der Waals surface area contributed by atoms with Gasteiger partial charge in [-0.25, -0.2) is 0 Å². The molecule has 0 aliphatic carbocycles. The molecular weight excluding hydrogens is 222 g/mol. The van der Waals surface area contributed by atoms with E-state index < -0.39 is 0 Å². The zero-order chi connectivity index (χ0) is 13.4. The topological polar surface area (TPSA) is 29.1 Å². The molecule has 0 bridgehead atoms. The summed E-state index contributed by atoms with van der Waals surface area (Å²) in [5.41, 5.74) is 2.19. The molecule has 1 aromatic rings. The van der Waals surface area contributed by atoms with Gasteiger partial charge in [0.15, 0.2) is 0 Å². The first-order valence-corrected chi connectivity index (χ1v) is 6.82. The molecule has 2 heteroatoms. The molecule has 1 amide bonds. The molecule has 1 N–H and O–H groups in total. The first-order valence-electron chi connectivity index (χ1n) is 6.82. The van der Waals surface area contributed by atoms with Gasteiger partial charge in [-0.2, -0.15) is 0 Å². The van der Waals surface area contributed by atoms with E-state index in [1.54, 1.807) is 0 Å². The van der Waals surface area contributed by atoms with Crippen molar-refractivity contribution in [2.45, 2.75) is 51.9 Å². The fraction of sp³-hybridized carbons (Fsp3) is 0.500. The van der Waals surface area contributed by atoms with Crippen LogP contribution in [-0.2, 0) is 4.79 Å². The molecule has 0 saturated heterocycles. The summed E-state index contributed by atoms with van der Waals surface area (Å²) in [6.45, 7) is 8.12. The van der Waals surface area contributed by atoms with Gasteiger partial charge >= 0.3 is 0 Å². The van der Waals surface area contributed by atoms with Gasteiger partial charge in [0, 0.05) is 12.1 Å². The van der Waals surface area contributed by atoms with Crippen LogP contribution >= 0.6 is 0 Å². The smallest absolute Gasteiger partial charge is 0.224 e. The molecule has 0 fully saturated rings. The van der Waals surface area contributed by atoms with E-state index in [9.17, 15) is 4.79 Å². The maximum absolute atomic E-state index is 11.7. The summed E-state index contributed by atoms with van der Waals surface area (Å²) >= 11 is 0. The minimum atomic E-state index is 0.108. The summed E-state index contributed by atoms with van der Waals surface area (Å²) in [6, 6.07) is 8.10. The highest BCUT2D eigenvalue weighted by Gasteiger charge is 2.03. The molecular formula is C16H24NO. The fourth-order valence-electron chi connectivity index (χ4n) is 1.81. The molecule has 1 rings (SSSR count). The van der Waals surface area contributed by atoms with Crippen LogP contribution in [0.25, 0.3) is 0 Å². The average molecular weight is 246 g/mol. The van der Waals surface area contributed by atoms with Crippen LogP contribution in [0.15, 0.2) is 24.3 Å². The Morgan fingerprint density at radius 2 is 1.83 bits per heavy atom. The number of nitrogens with one attached hydrogen (secondary N) is 1. The van der Waals surface area contributed by atoms with Crippen LogP contribution in [0.1, 0.15) is 57.4 Å². The quantitative estimate of drug-likeness (QED) is 0.703. The summed E-state index contributed by atoms with van der Waals surface area (Å²) in [7, 11) is 0. The maximum Gasteiger partial charge on any atom is 0.224 e. The number of benzene rings is 1. The third-order valence-corrected chi connectivity index (χ3v) is 3.01. The highest BCUT2D eigenvalue weighted by atomic mass is 16.1. The van der Waals surface area contributed by atoms with Crippen LogP contribution in [0.5, 0.6) is 0 Å². The number of carbonyl (C=O) groups is 1. The lowest BCUT2D eigenvalue weighted by molar-refractivity contribution is -0.116. The van der Waals surface area contributed by atoms with Gasteiger partial charge in [-0.15, -0.1) is 0 Å². The number of hydrogen-bond donors (Lipinski definition) is 1. The molecule has 1 radical (unpaired) electrons. The largest absolute Gasteiger partial charge is 0.326 e. The van der Waals surface area contributed by atoms with E-state index in [2.05, 4.69) is 38.2 Å². The molecule has 0 aliphatic heterocycles. The van der Waals surface area contributed by atoms with Gasteiger partial charge in [0.1, 0.15) is 0 Å². The van der Waals surface area contributed by atoms with E-state index >= 15 is 0 Å². The van der Waals surface area contributed by atoms with Crippen LogP contribution in [-0.4, -0.2) is 5.91 Å². The summed E-state index contributed by atoms with van der Waals surface area (Å²) in [6.07, 6.45) is 4.70. The monoisotopic (exact) mass is 246 g/mol. The van der Waals surface area contributed by atoms with E-state index in [0.29, 0.717) is 12.3 Å². The zero-order valence-corrected chi connectivity index (χ0v) is 11.5. The molecule has 0 aliphatic rings. The molecule has 1 aromatic carbocycles. The van der Waals surface area contributed by atoms with E-state index in [-0.39, 0.29) is 5.91 Å². The molecule has 18 heavy (non-hydrogen) atoms. The third-order valence-electron chi connectivity index (χ3n) is 3.01. The Bertz CT molecular complexity index is 354. The van der Waals surface area contributed by atoms with E-state index in [1.807, 2.05) is 12.1 Å². The van der Waals surface area contributed by atoms with Gasteiger partial charge < -0.3 is 5.32 Å². The lowest BCUT2D eigenvalue weighted by atomic mass is 10.0. The van der Waals surface area contributed by atoms with E-state index in [0.717, 1.165) is 31.4 Å². The Balaban J connectivity index is 2.35. The summed E-state index contributed by atoms with van der Waals surface area (Å²) in [5.74, 6) is 0.633. The van der Waals surface area contributed by atoms with Crippen molar-refractivity contribution >= 4 is 11.6 Å². The summed E-state index contributed by atoms with van der Waals surface area (Å²) in [4.78, 5) is 11.7. The highest BCUT2D eigenvalue weighted by Crippen LogP contribution is 2.17. The van der Waals surface area contributed by atoms with Crippen LogP contribution in [0, 0.1) is 6.92 Å². The Kier molecular flexibility index (Phi) is 6.48. The average Bonchev–Trinajstić information content (AvgIpc) is 2.35. The van der Waals surface area contributed by atoms with E-state index in [4.69, 9.17) is 0 Å². The predicted octanol–water partition coefficient (Wildman–Crippen LogP) is 4.53. The van der Waals surface area contributed by atoms with Gasteiger partial charge in [-0.1, -0.05) is 52.2 Å². The third kappa shape index (κ3) is 5.35. The number of carbonyl (C=O) groups excluding carboxylic acids is 1. The van der Waals surface area contributed by atoms with E-state index in [1.165, 1.54) is 5.56 Å². The van der Waals surface area contributed by atoms with Crippen molar-refractivity contribution in [1.29, 1.82) is 0 Å². The predicted molar refractivity (Wildman–Crippen MR) is 77.6 cm³/mol. The lowest BCUT2D eigenvalue weighted by Crippen LogP contribution is -2.11. The minimum Gasteiger partial charge on any atom is -0.326 e. The minimum absolute atomic E-state index is 0.108. The van der Waals surface area contributed by atoms with Crippen molar-refractivity contribution in [1.82, 2.24) is 0 Å². The summed E-state index contributed by atoms with van der Waals surface area (Å²) < 4.78 is 0. The van der Waals surface area contributed by atoms with Crippen molar-refractivity contribution in [3.63, 3.8) is 0 Å².